The molecule has 2 heterocycles. The van der Waals surface area contributed by atoms with E-state index in [0.29, 0.717) is 22.8 Å². The number of hydrogen-bond acceptors (Lipinski definition) is 5. The topological polar surface area (TPSA) is 59.0 Å². The van der Waals surface area contributed by atoms with Crippen LogP contribution in [0.3, 0.4) is 0 Å². The standard InChI is InChI=1S/C17H17FN2O3S/c1-4-12-15(21)20-14(10-6-5-7-11(18)8-10)13(16(22)23-3)9(2)19-17(20)24-12/h5-8,12,14H,4H2,1-3H3/t12-,14+/m0/s1. The molecule has 0 aliphatic carbocycles. The van der Waals surface area contributed by atoms with Crippen LogP contribution < -0.4 is 0 Å². The molecule has 5 nitrogen and oxygen atoms in total. The summed E-state index contributed by atoms with van der Waals surface area (Å²) in [5.41, 5.74) is 1.27. The van der Waals surface area contributed by atoms with E-state index in [-0.39, 0.29) is 16.7 Å². The zero-order valence-corrected chi connectivity index (χ0v) is 14.4. The quantitative estimate of drug-likeness (QED) is 0.788. The second kappa shape index (κ2) is 6.39. The van der Waals surface area contributed by atoms with E-state index >= 15 is 0 Å². The number of aliphatic imine (C=N–C) groups is 1. The molecule has 7 heteroatoms. The molecule has 0 bridgehead atoms. The Morgan fingerprint density at radius 3 is 2.83 bits per heavy atom. The van der Waals surface area contributed by atoms with Gasteiger partial charge in [-0.15, -0.1) is 0 Å². The first-order valence-corrected chi connectivity index (χ1v) is 8.48. The first-order chi connectivity index (χ1) is 11.5. The highest BCUT2D eigenvalue weighted by atomic mass is 32.2. The van der Waals surface area contributed by atoms with Gasteiger partial charge in [-0.3, -0.25) is 9.69 Å². The van der Waals surface area contributed by atoms with Crippen LogP contribution >= 0.6 is 11.8 Å². The number of esters is 1. The van der Waals surface area contributed by atoms with Gasteiger partial charge in [0.25, 0.3) is 0 Å². The highest BCUT2D eigenvalue weighted by Gasteiger charge is 2.47. The Bertz CT molecular complexity index is 775. The molecule has 1 fully saturated rings. The monoisotopic (exact) mass is 348 g/mol. The van der Waals surface area contributed by atoms with Crippen molar-refractivity contribution in [2.75, 3.05) is 7.11 Å². The summed E-state index contributed by atoms with van der Waals surface area (Å²) in [7, 11) is 1.28. The third-order valence-electron chi connectivity index (χ3n) is 4.09. The highest BCUT2D eigenvalue weighted by Crippen LogP contribution is 2.43. The fourth-order valence-electron chi connectivity index (χ4n) is 2.95. The van der Waals surface area contributed by atoms with Crippen LogP contribution in [-0.4, -0.2) is 34.3 Å². The number of amides is 1. The smallest absolute Gasteiger partial charge is 0.338 e. The Kier molecular flexibility index (Phi) is 4.45. The van der Waals surface area contributed by atoms with Gasteiger partial charge in [-0.1, -0.05) is 30.8 Å². The minimum absolute atomic E-state index is 0.121. The molecule has 1 aromatic carbocycles. The number of hydrogen-bond donors (Lipinski definition) is 0. The zero-order valence-electron chi connectivity index (χ0n) is 13.6. The lowest BCUT2D eigenvalue weighted by Crippen LogP contribution is -2.40. The van der Waals surface area contributed by atoms with Gasteiger partial charge in [0.2, 0.25) is 5.91 Å². The van der Waals surface area contributed by atoms with Gasteiger partial charge in [-0.2, -0.15) is 0 Å². The Morgan fingerprint density at radius 2 is 2.21 bits per heavy atom. The predicted molar refractivity (Wildman–Crippen MR) is 89.8 cm³/mol. The fourth-order valence-corrected chi connectivity index (χ4v) is 4.09. The number of carbonyl (C=O) groups is 2. The van der Waals surface area contributed by atoms with Crippen LogP contribution in [0, 0.1) is 5.82 Å². The summed E-state index contributed by atoms with van der Waals surface area (Å²) in [6, 6.07) is 5.19. The molecular weight excluding hydrogens is 331 g/mol. The van der Waals surface area contributed by atoms with Crippen LogP contribution in [0.1, 0.15) is 31.9 Å². The van der Waals surface area contributed by atoms with E-state index in [2.05, 4.69) is 4.99 Å². The maximum absolute atomic E-state index is 13.7. The molecule has 1 amide bonds. The number of methoxy groups -OCH3 is 1. The minimum Gasteiger partial charge on any atom is -0.466 e. The number of amidine groups is 1. The van der Waals surface area contributed by atoms with E-state index in [0.717, 1.165) is 0 Å². The maximum Gasteiger partial charge on any atom is 0.338 e. The van der Waals surface area contributed by atoms with E-state index in [1.807, 2.05) is 6.92 Å². The number of thioether (sulfide) groups is 1. The van der Waals surface area contributed by atoms with Gasteiger partial charge in [0.15, 0.2) is 5.17 Å². The molecule has 0 N–H and O–H groups in total. The van der Waals surface area contributed by atoms with E-state index < -0.39 is 17.8 Å². The normalized spacial score (nSPS) is 23.2. The van der Waals surface area contributed by atoms with Crippen molar-refractivity contribution in [1.82, 2.24) is 4.90 Å². The largest absolute Gasteiger partial charge is 0.466 e. The summed E-state index contributed by atoms with van der Waals surface area (Å²) in [5, 5.41) is 0.302. The molecule has 0 radical (unpaired) electrons. The number of carbonyl (C=O) groups excluding carboxylic acids is 2. The summed E-state index contributed by atoms with van der Waals surface area (Å²) < 4.78 is 18.6. The summed E-state index contributed by atoms with van der Waals surface area (Å²) in [6.45, 7) is 3.63. The van der Waals surface area contributed by atoms with E-state index in [1.54, 1.807) is 19.1 Å². The molecule has 2 aliphatic heterocycles. The maximum atomic E-state index is 13.7. The van der Waals surface area contributed by atoms with Gasteiger partial charge < -0.3 is 4.74 Å². The van der Waals surface area contributed by atoms with Crippen molar-refractivity contribution >= 4 is 28.8 Å². The molecule has 0 aromatic heterocycles. The first-order valence-electron chi connectivity index (χ1n) is 7.60. The molecule has 0 spiro atoms. The lowest BCUT2D eigenvalue weighted by atomic mass is 9.94. The Labute approximate surface area is 143 Å². The minimum atomic E-state index is -0.725. The van der Waals surface area contributed by atoms with Crippen LogP contribution in [0.4, 0.5) is 4.39 Å². The van der Waals surface area contributed by atoms with Crippen molar-refractivity contribution in [3.05, 3.63) is 46.9 Å². The lowest BCUT2D eigenvalue weighted by molar-refractivity contribution is -0.137. The average Bonchev–Trinajstić information content (AvgIpc) is 2.88. The SMILES string of the molecule is CC[C@@H]1SC2=NC(C)=C(C(=O)OC)[C@@H](c3cccc(F)c3)N2C1=O. The summed E-state index contributed by atoms with van der Waals surface area (Å²) in [4.78, 5) is 31.0. The van der Waals surface area contributed by atoms with Gasteiger partial charge in [0.05, 0.1) is 29.7 Å². The number of fused-ring (bicyclic) bond motifs is 1. The lowest BCUT2D eigenvalue weighted by Gasteiger charge is -2.32. The number of ether oxygens (including phenoxy) is 1. The molecule has 126 valence electrons. The third kappa shape index (κ3) is 2.62. The van der Waals surface area contributed by atoms with Crippen molar-refractivity contribution in [3.63, 3.8) is 0 Å². The van der Waals surface area contributed by atoms with E-state index in [9.17, 15) is 14.0 Å². The summed E-state index contributed by atoms with van der Waals surface area (Å²) in [6.07, 6.45) is 0.654. The third-order valence-corrected chi connectivity index (χ3v) is 5.41. The molecule has 0 saturated carbocycles. The molecule has 1 aromatic rings. The van der Waals surface area contributed by atoms with Crippen molar-refractivity contribution < 1.29 is 18.7 Å². The van der Waals surface area contributed by atoms with Crippen molar-refractivity contribution in [2.45, 2.75) is 31.6 Å². The first kappa shape index (κ1) is 16.7. The Hall–Kier alpha value is -2.15. The van der Waals surface area contributed by atoms with Crippen LogP contribution in [0.25, 0.3) is 0 Å². The number of nitrogens with zero attached hydrogens (tertiary/aromatic N) is 2. The molecular formula is C17H17FN2O3S. The van der Waals surface area contributed by atoms with Gasteiger partial charge in [-0.25, -0.2) is 14.2 Å². The van der Waals surface area contributed by atoms with Crippen LogP contribution in [0.2, 0.25) is 0 Å². The molecule has 1 saturated heterocycles. The number of allylic oxidation sites excluding steroid dienone is 1. The second-order valence-electron chi connectivity index (χ2n) is 5.57. The number of rotatable bonds is 3. The molecule has 24 heavy (non-hydrogen) atoms. The molecule has 2 atom stereocenters. The summed E-state index contributed by atoms with van der Waals surface area (Å²) in [5.74, 6) is -1.11. The van der Waals surface area contributed by atoms with Crippen LogP contribution in [-0.2, 0) is 14.3 Å². The second-order valence-corrected chi connectivity index (χ2v) is 6.74. The summed E-state index contributed by atoms with van der Waals surface area (Å²) >= 11 is 1.38. The van der Waals surface area contributed by atoms with Crippen LogP contribution in [0.5, 0.6) is 0 Å². The van der Waals surface area contributed by atoms with Gasteiger partial charge in [0.1, 0.15) is 5.82 Å². The van der Waals surface area contributed by atoms with Crippen molar-refractivity contribution in [2.24, 2.45) is 4.99 Å². The van der Waals surface area contributed by atoms with Crippen LogP contribution in [0.15, 0.2) is 40.5 Å². The van der Waals surface area contributed by atoms with E-state index in [1.165, 1.54) is 35.9 Å². The van der Waals surface area contributed by atoms with Gasteiger partial charge in [0, 0.05) is 0 Å². The number of halogens is 1. The fraction of sp³-hybridized carbons (Fsp3) is 0.353. The Morgan fingerprint density at radius 1 is 1.46 bits per heavy atom. The molecule has 3 rings (SSSR count). The van der Waals surface area contributed by atoms with Crippen molar-refractivity contribution in [1.29, 1.82) is 0 Å². The zero-order chi connectivity index (χ0) is 17.4. The number of benzene rings is 1. The average molecular weight is 348 g/mol. The molecule has 0 unspecified atom stereocenters. The van der Waals surface area contributed by atoms with Crippen molar-refractivity contribution in [3.8, 4) is 0 Å². The van der Waals surface area contributed by atoms with E-state index in [4.69, 9.17) is 4.74 Å². The van der Waals surface area contributed by atoms with Gasteiger partial charge >= 0.3 is 5.97 Å². The predicted octanol–water partition coefficient (Wildman–Crippen LogP) is 3.04. The van der Waals surface area contributed by atoms with Gasteiger partial charge in [-0.05, 0) is 31.0 Å². The Balaban J connectivity index is 2.17. The molecule has 2 aliphatic rings. The highest BCUT2D eigenvalue weighted by molar-refractivity contribution is 8.15.